The molecule has 0 bridgehead atoms. The van der Waals surface area contributed by atoms with Gasteiger partial charge >= 0.3 is 0 Å². The molecule has 2 aliphatic rings. The third kappa shape index (κ3) is 7.72. The molecule has 2 nitrogen and oxygen atoms in total. The van der Waals surface area contributed by atoms with E-state index in [0.717, 1.165) is 13.1 Å². The molecule has 2 aliphatic heterocycles. The first-order valence-corrected chi connectivity index (χ1v) is 5.58. The van der Waals surface area contributed by atoms with E-state index in [1.54, 1.807) is 0 Å². The fraction of sp³-hybridized carbons (Fsp3) is 1.00. The highest BCUT2D eigenvalue weighted by Crippen LogP contribution is 2.21. The first-order valence-electron chi connectivity index (χ1n) is 5.58. The summed E-state index contributed by atoms with van der Waals surface area (Å²) in [5, 5.41) is 5.25. The van der Waals surface area contributed by atoms with Crippen molar-refractivity contribution in [2.75, 3.05) is 26.2 Å². The Morgan fingerprint density at radius 2 is 1.06 bits per heavy atom. The van der Waals surface area contributed by atoms with Crippen molar-refractivity contribution in [1.82, 2.24) is 10.6 Å². The standard InChI is InChI=1S/2C5H9F2N.H4Si/c2*6-5(7)2-1-3-8-4-5;/h2*8H,1-4H2;1H4. The van der Waals surface area contributed by atoms with Crippen LogP contribution in [0, 0.1) is 0 Å². The molecule has 2 rings (SSSR count). The molecule has 0 unspecified atom stereocenters. The zero-order valence-corrected chi connectivity index (χ0v) is 9.17. The second-order valence-electron chi connectivity index (χ2n) is 4.27. The SMILES string of the molecule is FC1(F)CCCNC1.FC1(F)CCCNC1.[SiH4]. The summed E-state index contributed by atoms with van der Waals surface area (Å²) in [5.74, 6) is -4.86. The van der Waals surface area contributed by atoms with Crippen LogP contribution in [0.4, 0.5) is 17.6 Å². The first kappa shape index (κ1) is 16.9. The van der Waals surface area contributed by atoms with Gasteiger partial charge in [-0.15, -0.1) is 0 Å². The molecular weight excluding hydrogens is 252 g/mol. The molecule has 2 saturated heterocycles. The summed E-state index contributed by atoms with van der Waals surface area (Å²) in [6.45, 7) is 1.23. The number of alkyl halides is 4. The molecule has 0 atom stereocenters. The summed E-state index contributed by atoms with van der Waals surface area (Å²) < 4.78 is 48.6. The average molecular weight is 274 g/mol. The Morgan fingerprint density at radius 3 is 1.18 bits per heavy atom. The number of hydrogen-bond donors (Lipinski definition) is 2. The van der Waals surface area contributed by atoms with Crippen LogP contribution in [0.15, 0.2) is 0 Å². The van der Waals surface area contributed by atoms with Gasteiger partial charge in [0, 0.05) is 12.8 Å². The van der Waals surface area contributed by atoms with E-state index in [2.05, 4.69) is 10.6 Å². The molecule has 0 aliphatic carbocycles. The largest absolute Gasteiger partial charge is 0.311 e. The Labute approximate surface area is 104 Å². The Morgan fingerprint density at radius 1 is 0.706 bits per heavy atom. The third-order valence-electron chi connectivity index (χ3n) is 2.56. The monoisotopic (exact) mass is 274 g/mol. The van der Waals surface area contributed by atoms with E-state index in [0.29, 0.717) is 12.8 Å². The van der Waals surface area contributed by atoms with E-state index in [4.69, 9.17) is 0 Å². The fourth-order valence-corrected chi connectivity index (χ4v) is 1.66. The molecule has 0 aromatic carbocycles. The van der Waals surface area contributed by atoms with Crippen molar-refractivity contribution in [3.8, 4) is 0 Å². The Bertz CT molecular complexity index is 176. The van der Waals surface area contributed by atoms with Gasteiger partial charge in [-0.05, 0) is 36.9 Å². The quantitative estimate of drug-likeness (QED) is 0.498. The summed E-state index contributed by atoms with van der Waals surface area (Å²) >= 11 is 0. The minimum Gasteiger partial charge on any atom is -0.311 e. The molecule has 0 radical (unpaired) electrons. The molecule has 2 heterocycles. The molecule has 0 amide bonds. The number of nitrogens with one attached hydrogen (secondary N) is 2. The second kappa shape index (κ2) is 7.33. The molecule has 104 valence electrons. The molecule has 0 saturated carbocycles. The molecule has 0 spiro atoms. The molecule has 0 aromatic heterocycles. The molecule has 0 aromatic rings. The molecular formula is C10H22F4N2Si. The zero-order chi connectivity index (χ0) is 12.1. The zero-order valence-electron chi connectivity index (χ0n) is 9.17. The van der Waals surface area contributed by atoms with Crippen molar-refractivity contribution < 1.29 is 17.6 Å². The molecule has 2 fully saturated rings. The van der Waals surface area contributed by atoms with Crippen LogP contribution >= 0.6 is 0 Å². The highest BCUT2D eigenvalue weighted by Gasteiger charge is 2.30. The minimum absolute atomic E-state index is 0. The van der Waals surface area contributed by atoms with E-state index in [1.165, 1.54) is 0 Å². The Hall–Kier alpha value is -0.143. The van der Waals surface area contributed by atoms with Crippen LogP contribution in [0.3, 0.4) is 0 Å². The van der Waals surface area contributed by atoms with Crippen LogP contribution in [0.1, 0.15) is 25.7 Å². The highest BCUT2D eigenvalue weighted by atomic mass is 28.1. The van der Waals surface area contributed by atoms with Gasteiger partial charge in [-0.25, -0.2) is 17.6 Å². The Kier molecular flexibility index (Phi) is 7.26. The lowest BCUT2D eigenvalue weighted by molar-refractivity contribution is -0.0213. The minimum atomic E-state index is -2.43. The van der Waals surface area contributed by atoms with E-state index in [1.807, 2.05) is 0 Å². The van der Waals surface area contributed by atoms with Crippen LogP contribution in [0.25, 0.3) is 0 Å². The Balaban J connectivity index is 0.000000284. The van der Waals surface area contributed by atoms with Gasteiger partial charge in [-0.2, -0.15) is 0 Å². The lowest BCUT2D eigenvalue weighted by Gasteiger charge is -2.21. The van der Waals surface area contributed by atoms with Crippen molar-refractivity contribution in [3.63, 3.8) is 0 Å². The maximum absolute atomic E-state index is 12.1. The highest BCUT2D eigenvalue weighted by molar-refractivity contribution is 5.75. The second-order valence-corrected chi connectivity index (χ2v) is 4.27. The van der Waals surface area contributed by atoms with Crippen LogP contribution in [-0.4, -0.2) is 49.0 Å². The van der Waals surface area contributed by atoms with Crippen molar-refractivity contribution in [3.05, 3.63) is 0 Å². The van der Waals surface area contributed by atoms with Crippen LogP contribution in [0.2, 0.25) is 0 Å². The average Bonchev–Trinajstić information content (AvgIpc) is 2.17. The van der Waals surface area contributed by atoms with E-state index in [-0.39, 0.29) is 36.9 Å². The maximum Gasteiger partial charge on any atom is 0.260 e. The predicted octanol–water partition coefficient (Wildman–Crippen LogP) is 0.559. The van der Waals surface area contributed by atoms with Crippen LogP contribution in [0.5, 0.6) is 0 Å². The fourth-order valence-electron chi connectivity index (χ4n) is 1.66. The number of halogens is 4. The first-order chi connectivity index (χ1) is 7.41. The third-order valence-corrected chi connectivity index (χ3v) is 2.56. The van der Waals surface area contributed by atoms with E-state index >= 15 is 0 Å². The van der Waals surface area contributed by atoms with Crippen molar-refractivity contribution in [1.29, 1.82) is 0 Å². The van der Waals surface area contributed by atoms with Gasteiger partial charge < -0.3 is 10.6 Å². The number of hydrogen-bond acceptors (Lipinski definition) is 2. The predicted molar refractivity (Wildman–Crippen MR) is 65.4 cm³/mol. The molecule has 2 N–H and O–H groups in total. The van der Waals surface area contributed by atoms with Crippen LogP contribution in [-0.2, 0) is 0 Å². The summed E-state index contributed by atoms with van der Waals surface area (Å²) in [5.41, 5.74) is 0. The number of rotatable bonds is 0. The summed E-state index contributed by atoms with van der Waals surface area (Å²) in [6.07, 6.45) is 1.32. The smallest absolute Gasteiger partial charge is 0.260 e. The van der Waals surface area contributed by atoms with Gasteiger partial charge in [-0.3, -0.25) is 0 Å². The van der Waals surface area contributed by atoms with Gasteiger partial charge in [0.25, 0.3) is 11.8 Å². The topological polar surface area (TPSA) is 24.1 Å². The lowest BCUT2D eigenvalue weighted by atomic mass is 10.1. The van der Waals surface area contributed by atoms with Gasteiger partial charge in [0.2, 0.25) is 0 Å². The van der Waals surface area contributed by atoms with Gasteiger partial charge in [0.15, 0.2) is 0 Å². The van der Waals surface area contributed by atoms with Gasteiger partial charge in [0.1, 0.15) is 0 Å². The summed E-state index contributed by atoms with van der Waals surface area (Å²) in [6, 6.07) is 0. The lowest BCUT2D eigenvalue weighted by Crippen LogP contribution is -2.38. The summed E-state index contributed by atoms with van der Waals surface area (Å²) in [4.78, 5) is 0. The maximum atomic E-state index is 12.1. The molecule has 17 heavy (non-hydrogen) atoms. The number of piperidine rings is 2. The molecule has 7 heteroatoms. The normalized spacial score (nSPS) is 26.1. The van der Waals surface area contributed by atoms with E-state index in [9.17, 15) is 17.6 Å². The van der Waals surface area contributed by atoms with E-state index < -0.39 is 11.8 Å². The van der Waals surface area contributed by atoms with Gasteiger partial charge in [-0.1, -0.05) is 0 Å². The van der Waals surface area contributed by atoms with Crippen molar-refractivity contribution in [2.45, 2.75) is 37.5 Å². The summed E-state index contributed by atoms with van der Waals surface area (Å²) in [7, 11) is 0. The van der Waals surface area contributed by atoms with Gasteiger partial charge in [0.05, 0.1) is 13.1 Å². The van der Waals surface area contributed by atoms with Crippen molar-refractivity contribution >= 4 is 11.0 Å². The van der Waals surface area contributed by atoms with Crippen LogP contribution < -0.4 is 10.6 Å². The van der Waals surface area contributed by atoms with Crippen molar-refractivity contribution in [2.24, 2.45) is 0 Å².